The molecule has 0 atom stereocenters. The van der Waals surface area contributed by atoms with E-state index in [1.807, 2.05) is 53.9 Å². The summed E-state index contributed by atoms with van der Waals surface area (Å²) in [5, 5.41) is 8.75. The maximum absolute atomic E-state index is 12.6. The van der Waals surface area contributed by atoms with Crippen LogP contribution in [0.25, 0.3) is 16.4 Å². The predicted molar refractivity (Wildman–Crippen MR) is 105 cm³/mol. The topological polar surface area (TPSA) is 58.4 Å². The number of aromatic nitrogens is 2. The van der Waals surface area contributed by atoms with Crippen LogP contribution < -0.4 is 10.6 Å². The number of nitrogens with zero attached hydrogens (tertiary/aromatic N) is 2. The summed E-state index contributed by atoms with van der Waals surface area (Å²) < 4.78 is 1.82. The minimum atomic E-state index is -0.110. The SMILES string of the molecule is Cc1nc2ccccn2c1C(=O)NCCNc1cccc2ccccc12. The van der Waals surface area contributed by atoms with Gasteiger partial charge in [-0.15, -0.1) is 0 Å². The van der Waals surface area contributed by atoms with Crippen molar-refractivity contribution < 1.29 is 4.79 Å². The van der Waals surface area contributed by atoms with Gasteiger partial charge in [-0.25, -0.2) is 4.98 Å². The zero-order valence-electron chi connectivity index (χ0n) is 14.6. The fourth-order valence-corrected chi connectivity index (χ4v) is 3.22. The number of amides is 1. The number of rotatable bonds is 5. The fraction of sp³-hybridized carbons (Fsp3) is 0.143. The van der Waals surface area contributed by atoms with E-state index in [4.69, 9.17) is 0 Å². The molecule has 0 fully saturated rings. The number of hydrogen-bond acceptors (Lipinski definition) is 3. The highest BCUT2D eigenvalue weighted by Gasteiger charge is 2.15. The maximum atomic E-state index is 12.6. The van der Waals surface area contributed by atoms with Crippen LogP contribution in [0, 0.1) is 6.92 Å². The minimum Gasteiger partial charge on any atom is -0.383 e. The van der Waals surface area contributed by atoms with E-state index in [0.717, 1.165) is 17.0 Å². The molecule has 0 radical (unpaired) electrons. The summed E-state index contributed by atoms with van der Waals surface area (Å²) in [7, 11) is 0. The number of pyridine rings is 1. The Morgan fingerprint density at radius 1 is 1.00 bits per heavy atom. The molecular formula is C21H20N4O. The van der Waals surface area contributed by atoms with Crippen LogP contribution in [0.1, 0.15) is 16.2 Å². The lowest BCUT2D eigenvalue weighted by atomic mass is 10.1. The maximum Gasteiger partial charge on any atom is 0.270 e. The van der Waals surface area contributed by atoms with Gasteiger partial charge in [0.2, 0.25) is 0 Å². The van der Waals surface area contributed by atoms with Crippen LogP contribution in [-0.2, 0) is 0 Å². The van der Waals surface area contributed by atoms with Crippen LogP contribution in [0.2, 0.25) is 0 Å². The van der Waals surface area contributed by atoms with Crippen LogP contribution in [0.5, 0.6) is 0 Å². The van der Waals surface area contributed by atoms with E-state index in [0.29, 0.717) is 18.8 Å². The number of fused-ring (bicyclic) bond motifs is 2. The average molecular weight is 344 g/mol. The van der Waals surface area contributed by atoms with E-state index >= 15 is 0 Å². The molecule has 0 aliphatic rings. The largest absolute Gasteiger partial charge is 0.383 e. The van der Waals surface area contributed by atoms with Gasteiger partial charge in [0.25, 0.3) is 5.91 Å². The van der Waals surface area contributed by atoms with Crippen molar-refractivity contribution in [1.29, 1.82) is 0 Å². The molecule has 2 N–H and O–H groups in total. The predicted octanol–water partition coefficient (Wildman–Crippen LogP) is 3.64. The third kappa shape index (κ3) is 2.99. The zero-order valence-corrected chi connectivity index (χ0v) is 14.6. The Labute approximate surface area is 151 Å². The van der Waals surface area contributed by atoms with E-state index in [1.54, 1.807) is 0 Å². The van der Waals surface area contributed by atoms with Gasteiger partial charge in [-0.2, -0.15) is 0 Å². The Morgan fingerprint density at radius 3 is 2.73 bits per heavy atom. The summed E-state index contributed by atoms with van der Waals surface area (Å²) >= 11 is 0. The van der Waals surface area contributed by atoms with Crippen LogP contribution >= 0.6 is 0 Å². The molecule has 4 rings (SSSR count). The van der Waals surface area contributed by atoms with Crippen molar-refractivity contribution in [3.8, 4) is 0 Å². The van der Waals surface area contributed by atoms with E-state index < -0.39 is 0 Å². The molecule has 0 saturated carbocycles. The van der Waals surface area contributed by atoms with Crippen molar-refractivity contribution in [2.75, 3.05) is 18.4 Å². The van der Waals surface area contributed by atoms with Crippen molar-refractivity contribution in [3.63, 3.8) is 0 Å². The van der Waals surface area contributed by atoms with Gasteiger partial charge in [-0.05, 0) is 30.5 Å². The van der Waals surface area contributed by atoms with E-state index in [2.05, 4.69) is 39.9 Å². The van der Waals surface area contributed by atoms with Gasteiger partial charge in [0.15, 0.2) is 0 Å². The summed E-state index contributed by atoms with van der Waals surface area (Å²) in [6, 6.07) is 20.1. The van der Waals surface area contributed by atoms with Gasteiger partial charge >= 0.3 is 0 Å². The number of hydrogen-bond donors (Lipinski definition) is 2. The van der Waals surface area contributed by atoms with Crippen LogP contribution in [0.3, 0.4) is 0 Å². The molecule has 2 aromatic heterocycles. The van der Waals surface area contributed by atoms with Gasteiger partial charge < -0.3 is 10.6 Å². The molecule has 5 heteroatoms. The molecule has 0 unspecified atom stereocenters. The first-order chi connectivity index (χ1) is 12.7. The Bertz CT molecular complexity index is 1080. The number of carbonyl (C=O) groups is 1. The second-order valence-corrected chi connectivity index (χ2v) is 6.18. The fourth-order valence-electron chi connectivity index (χ4n) is 3.22. The summed E-state index contributed by atoms with van der Waals surface area (Å²) in [6.45, 7) is 3.04. The standard InChI is InChI=1S/C21H20N4O/c1-15-20(25-14-5-4-11-19(25)24-15)21(26)23-13-12-22-18-10-6-8-16-7-2-3-9-17(16)18/h2-11,14,22H,12-13H2,1H3,(H,23,26). The first kappa shape index (κ1) is 16.1. The number of imidazole rings is 1. The number of benzene rings is 2. The second kappa shape index (κ2) is 6.88. The van der Waals surface area contributed by atoms with Crippen LogP contribution in [0.4, 0.5) is 5.69 Å². The van der Waals surface area contributed by atoms with Gasteiger partial charge in [0.1, 0.15) is 11.3 Å². The molecule has 1 amide bonds. The first-order valence-corrected chi connectivity index (χ1v) is 8.67. The van der Waals surface area contributed by atoms with Crippen molar-refractivity contribution in [2.45, 2.75) is 6.92 Å². The van der Waals surface area contributed by atoms with Gasteiger partial charge in [0, 0.05) is 30.4 Å². The zero-order chi connectivity index (χ0) is 17.9. The quantitative estimate of drug-likeness (QED) is 0.544. The molecule has 0 spiro atoms. The number of carbonyl (C=O) groups excluding carboxylic acids is 1. The Kier molecular flexibility index (Phi) is 4.27. The molecule has 2 heterocycles. The normalized spacial score (nSPS) is 11.0. The Hall–Kier alpha value is -3.34. The monoisotopic (exact) mass is 344 g/mol. The third-order valence-electron chi connectivity index (χ3n) is 4.43. The minimum absolute atomic E-state index is 0.110. The van der Waals surface area contributed by atoms with E-state index in [1.165, 1.54) is 10.8 Å². The molecule has 130 valence electrons. The van der Waals surface area contributed by atoms with Crippen LogP contribution in [0.15, 0.2) is 66.9 Å². The van der Waals surface area contributed by atoms with E-state index in [9.17, 15) is 4.79 Å². The number of nitrogens with one attached hydrogen (secondary N) is 2. The smallest absolute Gasteiger partial charge is 0.270 e. The third-order valence-corrected chi connectivity index (χ3v) is 4.43. The van der Waals surface area contributed by atoms with Gasteiger partial charge in [0.05, 0.1) is 5.69 Å². The summed E-state index contributed by atoms with van der Waals surface area (Å²) in [6.07, 6.45) is 1.86. The van der Waals surface area contributed by atoms with Gasteiger partial charge in [-0.1, -0.05) is 42.5 Å². The second-order valence-electron chi connectivity index (χ2n) is 6.18. The molecule has 0 saturated heterocycles. The Balaban J connectivity index is 1.41. The van der Waals surface area contributed by atoms with Crippen LogP contribution in [-0.4, -0.2) is 28.4 Å². The summed E-state index contributed by atoms with van der Waals surface area (Å²) in [4.78, 5) is 17.0. The average Bonchev–Trinajstić information content (AvgIpc) is 3.01. The molecule has 2 aromatic carbocycles. The molecular weight excluding hydrogens is 324 g/mol. The highest BCUT2D eigenvalue weighted by atomic mass is 16.1. The van der Waals surface area contributed by atoms with Crippen molar-refractivity contribution in [1.82, 2.24) is 14.7 Å². The van der Waals surface area contributed by atoms with Crippen molar-refractivity contribution in [3.05, 3.63) is 78.2 Å². The number of anilines is 1. The lowest BCUT2D eigenvalue weighted by Gasteiger charge is -2.11. The molecule has 4 aromatic rings. The number of aryl methyl sites for hydroxylation is 1. The highest BCUT2D eigenvalue weighted by Crippen LogP contribution is 2.22. The lowest BCUT2D eigenvalue weighted by Crippen LogP contribution is -2.30. The lowest BCUT2D eigenvalue weighted by molar-refractivity contribution is 0.0948. The molecule has 5 nitrogen and oxygen atoms in total. The van der Waals surface area contributed by atoms with E-state index in [-0.39, 0.29) is 5.91 Å². The van der Waals surface area contributed by atoms with Crippen molar-refractivity contribution in [2.24, 2.45) is 0 Å². The first-order valence-electron chi connectivity index (χ1n) is 8.67. The highest BCUT2D eigenvalue weighted by molar-refractivity contribution is 5.95. The Morgan fingerprint density at radius 2 is 1.81 bits per heavy atom. The van der Waals surface area contributed by atoms with Crippen molar-refractivity contribution >= 4 is 28.0 Å². The molecule has 26 heavy (non-hydrogen) atoms. The molecule has 0 aliphatic carbocycles. The molecule has 0 aliphatic heterocycles. The molecule has 0 bridgehead atoms. The summed E-state index contributed by atoms with van der Waals surface area (Å²) in [5.41, 5.74) is 3.17. The van der Waals surface area contributed by atoms with Gasteiger partial charge in [-0.3, -0.25) is 9.20 Å². The summed E-state index contributed by atoms with van der Waals surface area (Å²) in [5.74, 6) is -0.110.